The summed E-state index contributed by atoms with van der Waals surface area (Å²) in [6, 6.07) is 13.7. The van der Waals surface area contributed by atoms with E-state index in [0.717, 1.165) is 6.07 Å². The largest absolute Gasteiger partial charge is 0.474 e. The number of carbonyl (C=O) groups excluding carboxylic acids is 2. The van der Waals surface area contributed by atoms with Crippen molar-refractivity contribution in [2.45, 2.75) is 0 Å². The van der Waals surface area contributed by atoms with Gasteiger partial charge in [-0.3, -0.25) is 9.59 Å². The van der Waals surface area contributed by atoms with Gasteiger partial charge in [0, 0.05) is 18.2 Å². The minimum Gasteiger partial charge on any atom is -0.474 e. The molecule has 1 heterocycles. The molecule has 0 spiro atoms. The van der Waals surface area contributed by atoms with E-state index in [4.69, 9.17) is 9.47 Å². The summed E-state index contributed by atoms with van der Waals surface area (Å²) in [5.74, 6) is -2.54. The van der Waals surface area contributed by atoms with Crippen molar-refractivity contribution in [2.24, 2.45) is 0 Å². The molecule has 9 heteroatoms. The summed E-state index contributed by atoms with van der Waals surface area (Å²) in [5, 5.41) is 2.38. The SMILES string of the molecule is COCCOc1cnc2ccc(C(=O)c3cccc(NC(=O)c4cccc(F)c4)c3F)cc2n1. The normalized spacial score (nSPS) is 10.8. The molecule has 1 aromatic heterocycles. The third kappa shape index (κ3) is 5.05. The molecule has 0 aliphatic heterocycles. The molecule has 34 heavy (non-hydrogen) atoms. The van der Waals surface area contributed by atoms with Crippen LogP contribution in [0.1, 0.15) is 26.3 Å². The van der Waals surface area contributed by atoms with Crippen molar-refractivity contribution in [3.63, 3.8) is 0 Å². The van der Waals surface area contributed by atoms with Gasteiger partial charge in [-0.25, -0.2) is 18.7 Å². The van der Waals surface area contributed by atoms with Crippen LogP contribution in [0.15, 0.2) is 66.9 Å². The molecule has 0 saturated heterocycles. The highest BCUT2D eigenvalue weighted by Crippen LogP contribution is 2.23. The zero-order valence-corrected chi connectivity index (χ0v) is 18.0. The molecule has 0 atom stereocenters. The van der Waals surface area contributed by atoms with E-state index in [0.29, 0.717) is 17.6 Å². The van der Waals surface area contributed by atoms with E-state index in [9.17, 15) is 14.0 Å². The Kier molecular flexibility index (Phi) is 6.84. The van der Waals surface area contributed by atoms with Crippen molar-refractivity contribution in [3.8, 4) is 5.88 Å². The number of amides is 1. The van der Waals surface area contributed by atoms with Crippen molar-refractivity contribution >= 4 is 28.4 Å². The van der Waals surface area contributed by atoms with Gasteiger partial charge in [-0.1, -0.05) is 12.1 Å². The summed E-state index contributed by atoms with van der Waals surface area (Å²) >= 11 is 0. The highest BCUT2D eigenvalue weighted by molar-refractivity contribution is 6.11. The van der Waals surface area contributed by atoms with Gasteiger partial charge in [0.2, 0.25) is 5.88 Å². The number of methoxy groups -OCH3 is 1. The Morgan fingerprint density at radius 1 is 0.941 bits per heavy atom. The number of ether oxygens (including phenoxy) is 2. The van der Waals surface area contributed by atoms with Crippen LogP contribution in [0.5, 0.6) is 5.88 Å². The van der Waals surface area contributed by atoms with Gasteiger partial charge in [0.1, 0.15) is 12.4 Å². The molecule has 0 aliphatic carbocycles. The van der Waals surface area contributed by atoms with Crippen molar-refractivity contribution in [3.05, 3.63) is 95.2 Å². The fourth-order valence-corrected chi connectivity index (χ4v) is 3.22. The van der Waals surface area contributed by atoms with Gasteiger partial charge in [0.05, 0.1) is 35.1 Å². The number of carbonyl (C=O) groups is 2. The van der Waals surface area contributed by atoms with E-state index < -0.39 is 23.3 Å². The van der Waals surface area contributed by atoms with Crippen molar-refractivity contribution in [2.75, 3.05) is 25.6 Å². The molecule has 1 N–H and O–H groups in total. The third-order valence-corrected chi connectivity index (χ3v) is 4.90. The number of hydrogen-bond acceptors (Lipinski definition) is 6. The van der Waals surface area contributed by atoms with E-state index in [1.165, 1.54) is 54.7 Å². The number of aromatic nitrogens is 2. The molecular formula is C25H19F2N3O4. The zero-order chi connectivity index (χ0) is 24.1. The average molecular weight is 463 g/mol. The van der Waals surface area contributed by atoms with Gasteiger partial charge in [-0.15, -0.1) is 0 Å². The number of fused-ring (bicyclic) bond motifs is 1. The molecule has 0 bridgehead atoms. The molecule has 0 radical (unpaired) electrons. The van der Waals surface area contributed by atoms with E-state index in [-0.39, 0.29) is 34.9 Å². The zero-order valence-electron chi connectivity index (χ0n) is 18.0. The number of benzene rings is 3. The van der Waals surface area contributed by atoms with Gasteiger partial charge in [0.15, 0.2) is 11.6 Å². The molecule has 7 nitrogen and oxygen atoms in total. The summed E-state index contributed by atoms with van der Waals surface area (Å²) in [5.41, 5.74) is 0.700. The first-order valence-corrected chi connectivity index (χ1v) is 10.2. The summed E-state index contributed by atoms with van der Waals surface area (Å²) in [4.78, 5) is 34.0. The Hall–Kier alpha value is -4.24. The smallest absolute Gasteiger partial charge is 0.255 e. The van der Waals surface area contributed by atoms with Crippen LogP contribution in [0.3, 0.4) is 0 Å². The van der Waals surface area contributed by atoms with Crippen LogP contribution < -0.4 is 10.1 Å². The van der Waals surface area contributed by atoms with Crippen molar-refractivity contribution in [1.82, 2.24) is 9.97 Å². The number of anilines is 1. The fourth-order valence-electron chi connectivity index (χ4n) is 3.22. The highest BCUT2D eigenvalue weighted by Gasteiger charge is 2.19. The summed E-state index contributed by atoms with van der Waals surface area (Å²) in [6.07, 6.45) is 1.46. The number of rotatable bonds is 8. The molecule has 4 rings (SSSR count). The Bertz CT molecular complexity index is 1380. The molecule has 0 saturated carbocycles. The number of nitrogens with zero attached hydrogens (tertiary/aromatic N) is 2. The monoisotopic (exact) mass is 463 g/mol. The second-order valence-corrected chi connectivity index (χ2v) is 7.21. The topological polar surface area (TPSA) is 90.4 Å². The Morgan fingerprint density at radius 3 is 2.56 bits per heavy atom. The maximum atomic E-state index is 15.1. The van der Waals surface area contributed by atoms with Gasteiger partial charge < -0.3 is 14.8 Å². The first-order valence-electron chi connectivity index (χ1n) is 10.2. The number of halogens is 2. The van der Waals surface area contributed by atoms with E-state index in [2.05, 4.69) is 15.3 Å². The lowest BCUT2D eigenvalue weighted by molar-refractivity contribution is 0.101. The minimum atomic E-state index is -0.903. The van der Waals surface area contributed by atoms with Crippen LogP contribution in [0.2, 0.25) is 0 Å². The predicted molar refractivity (Wildman–Crippen MR) is 121 cm³/mol. The molecule has 0 fully saturated rings. The molecular weight excluding hydrogens is 444 g/mol. The quantitative estimate of drug-likeness (QED) is 0.307. The second-order valence-electron chi connectivity index (χ2n) is 7.21. The standard InChI is InChI=1S/C25H19F2N3O4/c1-33-10-11-34-22-14-28-19-9-8-15(13-21(19)29-22)24(31)18-6-3-7-20(23(18)27)30-25(32)16-4-2-5-17(26)12-16/h2-9,12-14H,10-11H2,1H3,(H,30,32). The van der Waals surface area contributed by atoms with E-state index in [1.807, 2.05) is 0 Å². The van der Waals surface area contributed by atoms with E-state index in [1.54, 1.807) is 13.2 Å². The highest BCUT2D eigenvalue weighted by atomic mass is 19.1. The Labute approximate surface area is 193 Å². The lowest BCUT2D eigenvalue weighted by atomic mass is 10.0. The maximum Gasteiger partial charge on any atom is 0.255 e. The number of nitrogens with one attached hydrogen (secondary N) is 1. The minimum absolute atomic E-state index is 0.0211. The van der Waals surface area contributed by atoms with Gasteiger partial charge >= 0.3 is 0 Å². The number of ketones is 1. The Morgan fingerprint density at radius 2 is 1.76 bits per heavy atom. The molecule has 0 unspecified atom stereocenters. The molecule has 3 aromatic carbocycles. The predicted octanol–water partition coefficient (Wildman–Crippen LogP) is 4.42. The maximum absolute atomic E-state index is 15.1. The van der Waals surface area contributed by atoms with Crippen LogP contribution in [-0.2, 0) is 4.74 Å². The van der Waals surface area contributed by atoms with Crippen LogP contribution in [-0.4, -0.2) is 42.0 Å². The molecule has 4 aromatic rings. The molecule has 172 valence electrons. The fraction of sp³-hybridized carbons (Fsp3) is 0.120. The van der Waals surface area contributed by atoms with Crippen LogP contribution in [0.25, 0.3) is 11.0 Å². The van der Waals surface area contributed by atoms with Gasteiger partial charge in [-0.05, 0) is 48.5 Å². The summed E-state index contributed by atoms with van der Waals surface area (Å²) in [6.45, 7) is 0.665. The van der Waals surface area contributed by atoms with Gasteiger partial charge in [-0.2, -0.15) is 0 Å². The molecule has 1 amide bonds. The first kappa shape index (κ1) is 22.9. The lowest BCUT2D eigenvalue weighted by Crippen LogP contribution is -2.15. The third-order valence-electron chi connectivity index (χ3n) is 4.90. The van der Waals surface area contributed by atoms with Gasteiger partial charge in [0.25, 0.3) is 5.91 Å². The first-order chi connectivity index (χ1) is 16.5. The summed E-state index contributed by atoms with van der Waals surface area (Å²) in [7, 11) is 1.55. The van der Waals surface area contributed by atoms with Crippen molar-refractivity contribution in [1.29, 1.82) is 0 Å². The van der Waals surface area contributed by atoms with E-state index >= 15 is 4.39 Å². The van der Waals surface area contributed by atoms with Crippen LogP contribution in [0.4, 0.5) is 14.5 Å². The number of hydrogen-bond donors (Lipinski definition) is 1. The van der Waals surface area contributed by atoms with Crippen LogP contribution in [0, 0.1) is 11.6 Å². The molecule has 0 aliphatic rings. The Balaban J connectivity index is 1.59. The van der Waals surface area contributed by atoms with Crippen LogP contribution >= 0.6 is 0 Å². The van der Waals surface area contributed by atoms with Crippen molar-refractivity contribution < 1.29 is 27.8 Å². The average Bonchev–Trinajstić information content (AvgIpc) is 2.84. The second kappa shape index (κ2) is 10.1. The lowest BCUT2D eigenvalue weighted by Gasteiger charge is -2.10. The summed E-state index contributed by atoms with van der Waals surface area (Å²) < 4.78 is 38.9.